The van der Waals surface area contributed by atoms with E-state index < -0.39 is 0 Å². The van der Waals surface area contributed by atoms with Gasteiger partial charge >= 0.3 is 0 Å². The largest absolute Gasteiger partial charge is 0.319 e. The van der Waals surface area contributed by atoms with Gasteiger partial charge in [0.2, 0.25) is 0 Å². The van der Waals surface area contributed by atoms with Gasteiger partial charge in [0.1, 0.15) is 11.6 Å². The van der Waals surface area contributed by atoms with Crippen molar-refractivity contribution in [3.05, 3.63) is 70.8 Å². The molecule has 2 aromatic rings. The second-order valence-electron chi connectivity index (χ2n) is 5.53. The Hall–Kier alpha value is -1.74. The quantitative estimate of drug-likeness (QED) is 0.850. The van der Waals surface area contributed by atoms with Crippen LogP contribution in [0.25, 0.3) is 0 Å². The van der Waals surface area contributed by atoms with E-state index in [9.17, 15) is 8.78 Å². The molecule has 21 heavy (non-hydrogen) atoms. The van der Waals surface area contributed by atoms with Gasteiger partial charge in [0, 0.05) is 0 Å². The van der Waals surface area contributed by atoms with Crippen molar-refractivity contribution in [1.29, 1.82) is 0 Å². The van der Waals surface area contributed by atoms with E-state index in [2.05, 4.69) is 5.32 Å². The lowest BCUT2D eigenvalue weighted by molar-refractivity contribution is 0.490. The van der Waals surface area contributed by atoms with E-state index in [1.807, 2.05) is 32.2 Å². The topological polar surface area (TPSA) is 12.0 Å². The molecule has 0 saturated heterocycles. The van der Waals surface area contributed by atoms with Crippen LogP contribution in [0, 0.1) is 24.5 Å². The van der Waals surface area contributed by atoms with E-state index in [4.69, 9.17) is 0 Å². The molecule has 1 nitrogen and oxygen atoms in total. The summed E-state index contributed by atoms with van der Waals surface area (Å²) in [5, 5.41) is 3.19. The Bertz CT molecular complexity index is 578. The van der Waals surface area contributed by atoms with Crippen LogP contribution < -0.4 is 5.32 Å². The third kappa shape index (κ3) is 4.64. The highest BCUT2D eigenvalue weighted by molar-refractivity contribution is 5.27. The van der Waals surface area contributed by atoms with Crippen LogP contribution >= 0.6 is 0 Å². The Morgan fingerprint density at radius 1 is 0.952 bits per heavy atom. The second-order valence-corrected chi connectivity index (χ2v) is 5.53. The third-order valence-electron chi connectivity index (χ3n) is 3.75. The molecule has 2 aromatic carbocycles. The molecule has 3 heteroatoms. The van der Waals surface area contributed by atoms with E-state index >= 15 is 0 Å². The zero-order chi connectivity index (χ0) is 15.2. The van der Waals surface area contributed by atoms with Gasteiger partial charge in [0.05, 0.1) is 0 Å². The molecule has 0 saturated carbocycles. The molecule has 0 aromatic heterocycles. The van der Waals surface area contributed by atoms with Gasteiger partial charge < -0.3 is 5.32 Å². The zero-order valence-corrected chi connectivity index (χ0v) is 12.5. The van der Waals surface area contributed by atoms with Gasteiger partial charge in [-0.1, -0.05) is 18.2 Å². The first-order chi connectivity index (χ1) is 10.1. The summed E-state index contributed by atoms with van der Waals surface area (Å²) in [6.45, 7) is 2.84. The van der Waals surface area contributed by atoms with Gasteiger partial charge in [-0.3, -0.25) is 0 Å². The summed E-state index contributed by atoms with van der Waals surface area (Å²) >= 11 is 0. The number of hydrogen-bond donors (Lipinski definition) is 1. The van der Waals surface area contributed by atoms with Crippen LogP contribution in [0.1, 0.15) is 16.7 Å². The van der Waals surface area contributed by atoms with E-state index in [0.717, 1.165) is 36.1 Å². The fourth-order valence-corrected chi connectivity index (χ4v) is 2.63. The number of aryl methyl sites for hydroxylation is 1. The Morgan fingerprint density at radius 3 is 2.29 bits per heavy atom. The standard InChI is InChI=1S/C18H21F2N/c1-13-3-6-18(20)11-16(13)10-15(12-21-2)9-14-4-7-17(19)8-5-14/h3-8,11,15,21H,9-10,12H2,1-2H3. The number of hydrogen-bond acceptors (Lipinski definition) is 1. The molecule has 0 amide bonds. The number of nitrogens with one attached hydrogen (secondary N) is 1. The molecule has 0 spiro atoms. The Morgan fingerprint density at radius 2 is 1.62 bits per heavy atom. The summed E-state index contributed by atoms with van der Waals surface area (Å²) in [5.41, 5.74) is 3.25. The minimum atomic E-state index is -0.218. The summed E-state index contributed by atoms with van der Waals surface area (Å²) in [6.07, 6.45) is 1.65. The van der Waals surface area contributed by atoms with Crippen molar-refractivity contribution in [2.45, 2.75) is 19.8 Å². The minimum Gasteiger partial charge on any atom is -0.319 e. The molecule has 2 rings (SSSR count). The summed E-state index contributed by atoms with van der Waals surface area (Å²) in [6, 6.07) is 11.5. The summed E-state index contributed by atoms with van der Waals surface area (Å²) in [7, 11) is 1.91. The van der Waals surface area contributed by atoms with Crippen molar-refractivity contribution in [3.8, 4) is 0 Å². The third-order valence-corrected chi connectivity index (χ3v) is 3.75. The van der Waals surface area contributed by atoms with Gasteiger partial charge in [-0.05, 0) is 80.2 Å². The molecule has 0 aliphatic carbocycles. The average molecular weight is 289 g/mol. The molecule has 0 aliphatic rings. The molecule has 0 fully saturated rings. The van der Waals surface area contributed by atoms with Gasteiger partial charge in [-0.2, -0.15) is 0 Å². The fraction of sp³-hybridized carbons (Fsp3) is 0.333. The number of benzene rings is 2. The van der Waals surface area contributed by atoms with E-state index in [0.29, 0.717) is 5.92 Å². The fourth-order valence-electron chi connectivity index (χ4n) is 2.63. The molecular weight excluding hydrogens is 268 g/mol. The first kappa shape index (κ1) is 15.6. The highest BCUT2D eigenvalue weighted by atomic mass is 19.1. The van der Waals surface area contributed by atoms with Gasteiger partial charge in [0.15, 0.2) is 0 Å². The Labute approximate surface area is 125 Å². The van der Waals surface area contributed by atoms with Crippen molar-refractivity contribution < 1.29 is 8.78 Å². The predicted octanol–water partition coefficient (Wildman–Crippen LogP) is 3.89. The lowest BCUT2D eigenvalue weighted by Crippen LogP contribution is -2.23. The van der Waals surface area contributed by atoms with Crippen LogP contribution in [0.4, 0.5) is 8.78 Å². The van der Waals surface area contributed by atoms with Crippen LogP contribution in [0.2, 0.25) is 0 Å². The van der Waals surface area contributed by atoms with Gasteiger partial charge in [-0.25, -0.2) is 8.78 Å². The summed E-state index contributed by atoms with van der Waals surface area (Å²) < 4.78 is 26.4. The predicted molar refractivity (Wildman–Crippen MR) is 82.4 cm³/mol. The molecular formula is C18H21F2N. The molecule has 1 N–H and O–H groups in total. The monoisotopic (exact) mass is 289 g/mol. The Balaban J connectivity index is 2.11. The molecule has 112 valence electrons. The van der Waals surface area contributed by atoms with Crippen LogP contribution in [0.3, 0.4) is 0 Å². The maximum atomic E-state index is 13.4. The van der Waals surface area contributed by atoms with E-state index in [1.54, 1.807) is 6.07 Å². The van der Waals surface area contributed by atoms with Crippen molar-refractivity contribution in [3.63, 3.8) is 0 Å². The first-order valence-electron chi connectivity index (χ1n) is 7.22. The highest BCUT2D eigenvalue weighted by Gasteiger charge is 2.12. The van der Waals surface area contributed by atoms with Crippen molar-refractivity contribution in [2.75, 3.05) is 13.6 Å². The molecule has 0 heterocycles. The molecule has 0 bridgehead atoms. The molecule has 1 unspecified atom stereocenters. The zero-order valence-electron chi connectivity index (χ0n) is 12.5. The molecule has 1 atom stereocenters. The van der Waals surface area contributed by atoms with Gasteiger partial charge in [-0.15, -0.1) is 0 Å². The summed E-state index contributed by atoms with van der Waals surface area (Å²) in [5.74, 6) is -0.0635. The Kier molecular flexibility index (Phi) is 5.45. The van der Waals surface area contributed by atoms with Crippen molar-refractivity contribution in [1.82, 2.24) is 5.32 Å². The maximum Gasteiger partial charge on any atom is 0.123 e. The first-order valence-corrected chi connectivity index (χ1v) is 7.22. The summed E-state index contributed by atoms with van der Waals surface area (Å²) in [4.78, 5) is 0. The van der Waals surface area contributed by atoms with Crippen LogP contribution in [-0.2, 0) is 12.8 Å². The lowest BCUT2D eigenvalue weighted by Gasteiger charge is -2.18. The van der Waals surface area contributed by atoms with Crippen LogP contribution in [0.15, 0.2) is 42.5 Å². The maximum absolute atomic E-state index is 13.4. The average Bonchev–Trinajstić information content (AvgIpc) is 2.45. The highest BCUT2D eigenvalue weighted by Crippen LogP contribution is 2.18. The van der Waals surface area contributed by atoms with Gasteiger partial charge in [0.25, 0.3) is 0 Å². The number of rotatable bonds is 6. The number of halogens is 2. The van der Waals surface area contributed by atoms with E-state index in [-0.39, 0.29) is 11.6 Å². The lowest BCUT2D eigenvalue weighted by atomic mass is 9.90. The smallest absolute Gasteiger partial charge is 0.123 e. The second kappa shape index (κ2) is 7.32. The van der Waals surface area contributed by atoms with E-state index in [1.165, 1.54) is 18.2 Å². The van der Waals surface area contributed by atoms with Crippen molar-refractivity contribution in [2.24, 2.45) is 5.92 Å². The SMILES string of the molecule is CNCC(Cc1ccc(F)cc1)Cc1cc(F)ccc1C. The normalized spacial score (nSPS) is 12.4. The molecule has 0 radical (unpaired) electrons. The van der Waals surface area contributed by atoms with Crippen molar-refractivity contribution >= 4 is 0 Å². The minimum absolute atomic E-state index is 0.194. The van der Waals surface area contributed by atoms with Crippen LogP contribution in [-0.4, -0.2) is 13.6 Å². The molecule has 0 aliphatic heterocycles. The van der Waals surface area contributed by atoms with Crippen LogP contribution in [0.5, 0.6) is 0 Å².